The first kappa shape index (κ1) is 16.0. The van der Waals surface area contributed by atoms with Crippen LogP contribution in [0.2, 0.25) is 0 Å². The molecule has 0 amide bonds. The molecule has 1 aliphatic heterocycles. The van der Waals surface area contributed by atoms with E-state index in [1.54, 1.807) is 12.1 Å². The zero-order chi connectivity index (χ0) is 16.1. The summed E-state index contributed by atoms with van der Waals surface area (Å²) >= 11 is 0. The van der Waals surface area contributed by atoms with E-state index in [-0.39, 0.29) is 5.82 Å². The molecule has 2 nitrogen and oxygen atoms in total. The summed E-state index contributed by atoms with van der Waals surface area (Å²) in [4.78, 5) is 5.03. The van der Waals surface area contributed by atoms with Crippen molar-refractivity contribution in [3.8, 4) is 0 Å². The van der Waals surface area contributed by atoms with Crippen molar-refractivity contribution in [2.45, 2.75) is 19.8 Å². The molecule has 23 heavy (non-hydrogen) atoms. The summed E-state index contributed by atoms with van der Waals surface area (Å²) in [7, 11) is 0. The summed E-state index contributed by atoms with van der Waals surface area (Å²) in [5.74, 6) is -0.152. The van der Waals surface area contributed by atoms with Crippen LogP contribution in [0.4, 0.5) is 10.1 Å². The van der Waals surface area contributed by atoms with Gasteiger partial charge in [-0.2, -0.15) is 0 Å². The number of hydrogen-bond acceptors (Lipinski definition) is 2. The topological polar surface area (TPSA) is 6.48 Å². The molecule has 0 spiro atoms. The Morgan fingerprint density at radius 2 is 1.61 bits per heavy atom. The van der Waals surface area contributed by atoms with Crippen molar-refractivity contribution < 1.29 is 4.39 Å². The van der Waals surface area contributed by atoms with Crippen LogP contribution in [0.5, 0.6) is 0 Å². The molecule has 3 rings (SSSR count). The molecular formula is C20H25FN2. The Bertz CT molecular complexity index is 616. The van der Waals surface area contributed by atoms with E-state index in [9.17, 15) is 4.39 Å². The third-order valence-electron chi connectivity index (χ3n) is 4.68. The largest absolute Gasteiger partial charge is 0.369 e. The van der Waals surface area contributed by atoms with E-state index in [0.29, 0.717) is 0 Å². The van der Waals surface area contributed by atoms with Gasteiger partial charge in [-0.05, 0) is 55.6 Å². The number of aryl methyl sites for hydroxylation is 2. The molecule has 0 aromatic heterocycles. The highest BCUT2D eigenvalue weighted by Gasteiger charge is 2.17. The highest BCUT2D eigenvalue weighted by Crippen LogP contribution is 2.20. The summed E-state index contributed by atoms with van der Waals surface area (Å²) in [6.07, 6.45) is 2.16. The number of para-hydroxylation sites is 1. The minimum atomic E-state index is -0.152. The van der Waals surface area contributed by atoms with E-state index in [1.165, 1.54) is 16.8 Å². The van der Waals surface area contributed by atoms with Gasteiger partial charge < -0.3 is 4.90 Å². The molecule has 0 unspecified atom stereocenters. The Hall–Kier alpha value is -1.87. The van der Waals surface area contributed by atoms with Crippen LogP contribution in [0, 0.1) is 12.7 Å². The number of hydrogen-bond donors (Lipinski definition) is 0. The number of piperazine rings is 1. The third-order valence-corrected chi connectivity index (χ3v) is 4.68. The molecule has 2 aromatic rings. The summed E-state index contributed by atoms with van der Waals surface area (Å²) in [6.45, 7) is 7.75. The zero-order valence-electron chi connectivity index (χ0n) is 13.8. The molecule has 0 bridgehead atoms. The number of benzene rings is 2. The molecule has 1 saturated heterocycles. The van der Waals surface area contributed by atoms with Gasteiger partial charge in [-0.3, -0.25) is 4.90 Å². The van der Waals surface area contributed by atoms with E-state index in [4.69, 9.17) is 0 Å². The van der Waals surface area contributed by atoms with Crippen molar-refractivity contribution in [3.63, 3.8) is 0 Å². The predicted molar refractivity (Wildman–Crippen MR) is 94.6 cm³/mol. The van der Waals surface area contributed by atoms with Crippen LogP contribution >= 0.6 is 0 Å². The van der Waals surface area contributed by atoms with Crippen molar-refractivity contribution in [1.29, 1.82) is 0 Å². The number of rotatable bonds is 5. The fraction of sp³-hybridized carbons (Fsp3) is 0.400. The van der Waals surface area contributed by atoms with Crippen molar-refractivity contribution >= 4 is 5.69 Å². The van der Waals surface area contributed by atoms with Crippen molar-refractivity contribution in [3.05, 3.63) is 65.5 Å². The van der Waals surface area contributed by atoms with E-state index in [2.05, 4.69) is 41.0 Å². The predicted octanol–water partition coefficient (Wildman–Crippen LogP) is 3.89. The Labute approximate surface area is 138 Å². The first-order chi connectivity index (χ1) is 11.2. The van der Waals surface area contributed by atoms with Gasteiger partial charge in [-0.15, -0.1) is 0 Å². The molecule has 0 aliphatic carbocycles. The third kappa shape index (κ3) is 4.32. The first-order valence-electron chi connectivity index (χ1n) is 8.50. The molecule has 3 heteroatoms. The van der Waals surface area contributed by atoms with Crippen LogP contribution in [0.3, 0.4) is 0 Å². The fourth-order valence-corrected chi connectivity index (χ4v) is 3.29. The highest BCUT2D eigenvalue weighted by molar-refractivity contribution is 5.53. The summed E-state index contributed by atoms with van der Waals surface area (Å²) in [6, 6.07) is 15.5. The van der Waals surface area contributed by atoms with Crippen molar-refractivity contribution in [1.82, 2.24) is 4.90 Å². The number of anilines is 1. The van der Waals surface area contributed by atoms with Gasteiger partial charge in [0, 0.05) is 31.9 Å². The molecule has 1 fully saturated rings. The van der Waals surface area contributed by atoms with Crippen molar-refractivity contribution in [2.75, 3.05) is 37.6 Å². The van der Waals surface area contributed by atoms with Crippen LogP contribution < -0.4 is 4.90 Å². The second-order valence-electron chi connectivity index (χ2n) is 6.35. The second-order valence-corrected chi connectivity index (χ2v) is 6.35. The van der Waals surface area contributed by atoms with E-state index >= 15 is 0 Å². The lowest BCUT2D eigenvalue weighted by molar-refractivity contribution is 0.255. The summed E-state index contributed by atoms with van der Waals surface area (Å²) < 4.78 is 12.9. The van der Waals surface area contributed by atoms with Crippen molar-refractivity contribution in [2.24, 2.45) is 0 Å². The first-order valence-corrected chi connectivity index (χ1v) is 8.50. The Balaban J connectivity index is 1.43. The molecular weight excluding hydrogens is 287 g/mol. The highest BCUT2D eigenvalue weighted by atomic mass is 19.1. The lowest BCUT2D eigenvalue weighted by Gasteiger charge is -2.36. The molecule has 0 radical (unpaired) electrons. The van der Waals surface area contributed by atoms with E-state index < -0.39 is 0 Å². The van der Waals surface area contributed by atoms with Crippen LogP contribution in [-0.2, 0) is 6.42 Å². The Kier molecular flexibility index (Phi) is 5.29. The van der Waals surface area contributed by atoms with Gasteiger partial charge in [-0.1, -0.05) is 30.3 Å². The molecule has 0 N–H and O–H groups in total. The minimum absolute atomic E-state index is 0.152. The van der Waals surface area contributed by atoms with Crippen LogP contribution in [0.1, 0.15) is 17.5 Å². The number of halogens is 1. The maximum Gasteiger partial charge on any atom is 0.123 e. The van der Waals surface area contributed by atoms with Crippen LogP contribution in [0.15, 0.2) is 48.5 Å². The average Bonchev–Trinajstić information content (AvgIpc) is 2.58. The van der Waals surface area contributed by atoms with Gasteiger partial charge in [-0.25, -0.2) is 4.39 Å². The van der Waals surface area contributed by atoms with E-state index in [0.717, 1.165) is 45.6 Å². The van der Waals surface area contributed by atoms with Gasteiger partial charge in [0.25, 0.3) is 0 Å². The van der Waals surface area contributed by atoms with Gasteiger partial charge in [0.1, 0.15) is 5.82 Å². The van der Waals surface area contributed by atoms with Crippen LogP contribution in [0.25, 0.3) is 0 Å². The van der Waals surface area contributed by atoms with Gasteiger partial charge in [0.05, 0.1) is 0 Å². The second kappa shape index (κ2) is 7.60. The fourth-order valence-electron chi connectivity index (χ4n) is 3.29. The average molecular weight is 312 g/mol. The quantitative estimate of drug-likeness (QED) is 0.826. The smallest absolute Gasteiger partial charge is 0.123 e. The Morgan fingerprint density at radius 1 is 0.913 bits per heavy atom. The molecule has 1 heterocycles. The van der Waals surface area contributed by atoms with E-state index in [1.807, 2.05) is 12.1 Å². The van der Waals surface area contributed by atoms with Gasteiger partial charge in [0.15, 0.2) is 0 Å². The molecule has 2 aromatic carbocycles. The zero-order valence-corrected chi connectivity index (χ0v) is 13.8. The number of nitrogens with zero attached hydrogens (tertiary/aromatic N) is 2. The SMILES string of the molecule is Cc1ccccc1N1CCN(CCCc2ccc(F)cc2)CC1. The lowest BCUT2D eigenvalue weighted by atomic mass is 10.1. The normalized spacial score (nSPS) is 15.8. The maximum atomic E-state index is 12.9. The van der Waals surface area contributed by atoms with Gasteiger partial charge in [0.2, 0.25) is 0 Å². The molecule has 0 atom stereocenters. The minimum Gasteiger partial charge on any atom is -0.369 e. The lowest BCUT2D eigenvalue weighted by Crippen LogP contribution is -2.46. The monoisotopic (exact) mass is 312 g/mol. The molecule has 122 valence electrons. The van der Waals surface area contributed by atoms with Gasteiger partial charge >= 0.3 is 0 Å². The summed E-state index contributed by atoms with van der Waals surface area (Å²) in [5, 5.41) is 0. The molecule has 0 saturated carbocycles. The maximum absolute atomic E-state index is 12.9. The van der Waals surface area contributed by atoms with Crippen LogP contribution in [-0.4, -0.2) is 37.6 Å². The summed E-state index contributed by atoms with van der Waals surface area (Å²) in [5.41, 5.74) is 3.96. The molecule has 1 aliphatic rings. The Morgan fingerprint density at radius 3 is 2.30 bits per heavy atom. The standard InChI is InChI=1S/C20H25FN2/c1-17-5-2-3-7-20(17)23-15-13-22(14-16-23)12-4-6-18-8-10-19(21)11-9-18/h2-3,5,7-11H,4,6,12-16H2,1H3.